The van der Waals surface area contributed by atoms with Crippen LogP contribution in [0.1, 0.15) is 11.1 Å². The fraction of sp³-hybridized carbons (Fsp3) is 0. The minimum atomic E-state index is -0.0818. The van der Waals surface area contributed by atoms with E-state index in [2.05, 4.69) is 31.4 Å². The summed E-state index contributed by atoms with van der Waals surface area (Å²) in [4.78, 5) is 12.2. The third kappa shape index (κ3) is 1.97. The van der Waals surface area contributed by atoms with E-state index in [0.717, 1.165) is 32.2 Å². The Labute approximate surface area is 129 Å². The van der Waals surface area contributed by atoms with E-state index in [1.165, 1.54) is 0 Å². The number of anilines is 1. The fourth-order valence-corrected chi connectivity index (χ4v) is 3.00. The predicted octanol–water partition coefficient (Wildman–Crippen LogP) is 3.82. The molecule has 0 radical (unpaired) electrons. The first-order valence-electron chi connectivity index (χ1n) is 6.47. The van der Waals surface area contributed by atoms with E-state index in [1.54, 1.807) is 6.20 Å². The number of nitrogens with zero attached hydrogens (tertiary/aromatic N) is 1. The Balaban J connectivity index is 1.86. The monoisotopic (exact) mass is 339 g/mol. The minimum Gasteiger partial charge on any atom is -0.320 e. The normalized spacial score (nSPS) is 15.5. The molecule has 1 aliphatic heterocycles. The van der Waals surface area contributed by atoms with Crippen molar-refractivity contribution in [3.63, 3.8) is 0 Å². The molecule has 1 aromatic heterocycles. The molecule has 0 fully saturated rings. The average molecular weight is 340 g/mol. The molecule has 0 bridgehead atoms. The maximum absolute atomic E-state index is 12.2. The van der Waals surface area contributed by atoms with Gasteiger partial charge in [-0.3, -0.25) is 9.89 Å². The van der Waals surface area contributed by atoms with Gasteiger partial charge in [0.25, 0.3) is 5.91 Å². The molecular weight excluding hydrogens is 330 g/mol. The van der Waals surface area contributed by atoms with Gasteiger partial charge in [-0.05, 0) is 39.7 Å². The van der Waals surface area contributed by atoms with Gasteiger partial charge >= 0.3 is 0 Å². The molecule has 0 atom stereocenters. The van der Waals surface area contributed by atoms with Gasteiger partial charge in [-0.1, -0.05) is 24.3 Å². The minimum absolute atomic E-state index is 0.0818. The molecule has 2 heterocycles. The highest BCUT2D eigenvalue weighted by Crippen LogP contribution is 2.38. The van der Waals surface area contributed by atoms with Gasteiger partial charge < -0.3 is 5.32 Å². The Morgan fingerprint density at radius 2 is 2.10 bits per heavy atom. The summed E-state index contributed by atoms with van der Waals surface area (Å²) in [5.74, 6) is -0.0818. The maximum Gasteiger partial charge on any atom is 0.256 e. The number of amides is 1. The molecule has 2 N–H and O–H groups in total. The third-order valence-electron chi connectivity index (χ3n) is 3.56. The van der Waals surface area contributed by atoms with Gasteiger partial charge in [0.1, 0.15) is 0 Å². The molecule has 5 heteroatoms. The zero-order valence-electron chi connectivity index (χ0n) is 10.9. The summed E-state index contributed by atoms with van der Waals surface area (Å²) in [6.07, 6.45) is 3.68. The van der Waals surface area contributed by atoms with Crippen LogP contribution in [-0.2, 0) is 4.79 Å². The number of para-hydroxylation sites is 1. The Hall–Kier alpha value is -2.40. The second-order valence-corrected chi connectivity index (χ2v) is 5.75. The van der Waals surface area contributed by atoms with Crippen molar-refractivity contribution in [2.24, 2.45) is 0 Å². The zero-order valence-corrected chi connectivity index (χ0v) is 12.4. The first-order chi connectivity index (χ1) is 10.2. The van der Waals surface area contributed by atoms with Gasteiger partial charge in [-0.15, -0.1) is 0 Å². The lowest BCUT2D eigenvalue weighted by Crippen LogP contribution is -2.03. The van der Waals surface area contributed by atoms with E-state index in [1.807, 2.05) is 42.5 Å². The van der Waals surface area contributed by atoms with Gasteiger partial charge in [-0.2, -0.15) is 5.10 Å². The summed E-state index contributed by atoms with van der Waals surface area (Å²) in [5, 5.41) is 10.9. The largest absolute Gasteiger partial charge is 0.320 e. The van der Waals surface area contributed by atoms with E-state index in [4.69, 9.17) is 0 Å². The van der Waals surface area contributed by atoms with Crippen LogP contribution in [0.3, 0.4) is 0 Å². The lowest BCUT2D eigenvalue weighted by atomic mass is 10.0. The van der Waals surface area contributed by atoms with Crippen LogP contribution >= 0.6 is 15.9 Å². The highest BCUT2D eigenvalue weighted by Gasteiger charge is 2.25. The third-order valence-corrected chi connectivity index (χ3v) is 4.22. The quantitative estimate of drug-likeness (QED) is 0.662. The van der Waals surface area contributed by atoms with Crippen LogP contribution in [0.25, 0.3) is 22.6 Å². The molecule has 2 aromatic carbocycles. The lowest BCUT2D eigenvalue weighted by Gasteiger charge is -2.00. The highest BCUT2D eigenvalue weighted by atomic mass is 79.9. The summed E-state index contributed by atoms with van der Waals surface area (Å²) < 4.78 is 0.890. The average Bonchev–Trinajstić information content (AvgIpc) is 3.05. The van der Waals surface area contributed by atoms with Crippen LogP contribution in [0, 0.1) is 0 Å². The highest BCUT2D eigenvalue weighted by molar-refractivity contribution is 9.10. The van der Waals surface area contributed by atoms with Crippen LogP contribution in [0.5, 0.6) is 0 Å². The molecule has 0 aliphatic carbocycles. The van der Waals surface area contributed by atoms with Gasteiger partial charge in [0.05, 0.1) is 17.4 Å². The Morgan fingerprint density at radius 3 is 3.00 bits per heavy atom. The van der Waals surface area contributed by atoms with Gasteiger partial charge in [0.15, 0.2) is 0 Å². The van der Waals surface area contributed by atoms with E-state index in [0.29, 0.717) is 5.57 Å². The van der Waals surface area contributed by atoms with Crippen molar-refractivity contribution in [3.8, 4) is 0 Å². The first-order valence-corrected chi connectivity index (χ1v) is 7.27. The smallest absolute Gasteiger partial charge is 0.256 e. The van der Waals surface area contributed by atoms with Crippen molar-refractivity contribution in [1.82, 2.24) is 10.2 Å². The zero-order chi connectivity index (χ0) is 14.4. The number of aromatic amines is 1. The van der Waals surface area contributed by atoms with Gasteiger partial charge in [-0.25, -0.2) is 0 Å². The second kappa shape index (κ2) is 4.56. The number of halogens is 1. The van der Waals surface area contributed by atoms with Gasteiger partial charge in [0, 0.05) is 21.0 Å². The van der Waals surface area contributed by atoms with Crippen molar-refractivity contribution < 1.29 is 4.79 Å². The fourth-order valence-electron chi connectivity index (χ4n) is 2.53. The summed E-state index contributed by atoms with van der Waals surface area (Å²) >= 11 is 3.46. The molecule has 1 amide bonds. The van der Waals surface area contributed by atoms with Gasteiger partial charge in [0.2, 0.25) is 0 Å². The van der Waals surface area contributed by atoms with Crippen LogP contribution in [0.4, 0.5) is 5.69 Å². The summed E-state index contributed by atoms with van der Waals surface area (Å²) in [6, 6.07) is 11.7. The number of carbonyl (C=O) groups is 1. The molecule has 21 heavy (non-hydrogen) atoms. The van der Waals surface area contributed by atoms with E-state index in [9.17, 15) is 4.79 Å². The number of nitrogens with one attached hydrogen (secondary N) is 2. The maximum atomic E-state index is 12.2. The standard InChI is InChI=1S/C16H10BrN3O/c17-13-3-1-2-11-12(16(21)19-15(11)13)6-9-4-5-10-8-18-20-14(10)7-9/h1-8H,(H,18,20)(H,19,21). The number of carbonyl (C=O) groups excluding carboxylic acids is 1. The number of fused-ring (bicyclic) bond motifs is 2. The molecular formula is C16H10BrN3O. The number of hydrogen-bond donors (Lipinski definition) is 2. The lowest BCUT2D eigenvalue weighted by molar-refractivity contribution is -0.110. The SMILES string of the molecule is O=C1Nc2c(Br)cccc2C1=Cc1ccc2cn[nH]c2c1. The van der Waals surface area contributed by atoms with Crippen LogP contribution in [-0.4, -0.2) is 16.1 Å². The molecule has 0 spiro atoms. The predicted molar refractivity (Wildman–Crippen MR) is 86.7 cm³/mol. The first kappa shape index (κ1) is 12.3. The molecule has 4 nitrogen and oxygen atoms in total. The van der Waals surface area contributed by atoms with Crippen molar-refractivity contribution in [2.75, 3.05) is 5.32 Å². The molecule has 0 unspecified atom stereocenters. The van der Waals surface area contributed by atoms with Crippen molar-refractivity contribution in [2.45, 2.75) is 0 Å². The Morgan fingerprint density at radius 1 is 1.19 bits per heavy atom. The molecule has 0 saturated carbocycles. The number of hydrogen-bond acceptors (Lipinski definition) is 2. The van der Waals surface area contributed by atoms with E-state index >= 15 is 0 Å². The number of rotatable bonds is 1. The summed E-state index contributed by atoms with van der Waals surface area (Å²) in [6.45, 7) is 0. The topological polar surface area (TPSA) is 57.8 Å². The van der Waals surface area contributed by atoms with Crippen molar-refractivity contribution in [3.05, 3.63) is 58.2 Å². The molecule has 0 saturated heterocycles. The molecule has 3 aromatic rings. The van der Waals surface area contributed by atoms with Crippen molar-refractivity contribution in [1.29, 1.82) is 0 Å². The Kier molecular flexibility index (Phi) is 2.68. The molecule has 102 valence electrons. The van der Waals surface area contributed by atoms with E-state index < -0.39 is 0 Å². The molecule has 4 rings (SSSR count). The summed E-state index contributed by atoms with van der Waals surface area (Å²) in [7, 11) is 0. The number of aromatic nitrogens is 2. The second-order valence-electron chi connectivity index (χ2n) is 4.89. The number of H-pyrrole nitrogens is 1. The molecule has 1 aliphatic rings. The van der Waals surface area contributed by atoms with Crippen LogP contribution in [0.15, 0.2) is 47.1 Å². The Bertz CT molecular complexity index is 911. The van der Waals surface area contributed by atoms with Crippen LogP contribution in [0.2, 0.25) is 0 Å². The summed E-state index contributed by atoms with van der Waals surface area (Å²) in [5.41, 5.74) is 4.34. The van der Waals surface area contributed by atoms with E-state index in [-0.39, 0.29) is 5.91 Å². The number of benzene rings is 2. The van der Waals surface area contributed by atoms with Crippen LogP contribution < -0.4 is 5.32 Å². The van der Waals surface area contributed by atoms with Crippen molar-refractivity contribution >= 4 is 50.1 Å².